The van der Waals surface area contributed by atoms with E-state index in [2.05, 4.69) is 33.6 Å². The Morgan fingerprint density at radius 2 is 1.67 bits per heavy atom. The van der Waals surface area contributed by atoms with Gasteiger partial charge >= 0.3 is 6.09 Å². The molecule has 1 aromatic carbocycles. The molecule has 0 aliphatic carbocycles. The van der Waals surface area contributed by atoms with E-state index in [1.165, 1.54) is 12.1 Å². The molecule has 10 nitrogen and oxygen atoms in total. The van der Waals surface area contributed by atoms with Gasteiger partial charge in [-0.25, -0.2) is 4.79 Å². The van der Waals surface area contributed by atoms with Crippen LogP contribution in [0.4, 0.5) is 16.2 Å². The predicted molar refractivity (Wildman–Crippen MR) is 138 cm³/mol. The van der Waals surface area contributed by atoms with Crippen molar-refractivity contribution >= 4 is 40.2 Å². The molecule has 0 bridgehead atoms. The number of nitrogens with zero attached hydrogens (tertiary/aromatic N) is 2. The fourth-order valence-corrected chi connectivity index (χ4v) is 3.94. The zero-order valence-corrected chi connectivity index (χ0v) is 20.1. The van der Waals surface area contributed by atoms with Gasteiger partial charge in [-0.2, -0.15) is 0 Å². The highest BCUT2D eigenvalue weighted by atomic mass is 16.5. The van der Waals surface area contributed by atoms with Gasteiger partial charge in [-0.15, -0.1) is 0 Å². The molecular weight excluding hydrogens is 460 g/mol. The van der Waals surface area contributed by atoms with E-state index in [0.717, 1.165) is 16.5 Å². The van der Waals surface area contributed by atoms with Crippen LogP contribution in [0.2, 0.25) is 0 Å². The summed E-state index contributed by atoms with van der Waals surface area (Å²) < 4.78 is 8.13. The number of carbonyl (C=O) groups is 3. The fraction of sp³-hybridized carbons (Fsp3) is 0.192. The van der Waals surface area contributed by atoms with Gasteiger partial charge in [0.1, 0.15) is 18.0 Å². The normalized spacial score (nSPS) is 10.7. The number of aryl methyl sites for hydroxylation is 2. The molecular formula is C26H28N6O4. The number of hydrogen-bond donors (Lipinski definition) is 4. The van der Waals surface area contributed by atoms with Crippen molar-refractivity contribution in [2.24, 2.45) is 14.1 Å². The summed E-state index contributed by atoms with van der Waals surface area (Å²) >= 11 is 0. The van der Waals surface area contributed by atoms with Crippen molar-refractivity contribution in [1.82, 2.24) is 19.4 Å². The summed E-state index contributed by atoms with van der Waals surface area (Å²) in [6.45, 7) is 4.04. The summed E-state index contributed by atoms with van der Waals surface area (Å²) in [7, 11) is 3.43. The second-order valence-corrected chi connectivity index (χ2v) is 8.28. The fourth-order valence-electron chi connectivity index (χ4n) is 3.94. The number of hydrogen-bond acceptors (Lipinski definition) is 4. The summed E-state index contributed by atoms with van der Waals surface area (Å²) in [6, 6.07) is 11.2. The minimum Gasteiger partial charge on any atom is -0.445 e. The number of nitrogens with one attached hydrogen (secondary N) is 4. The first-order chi connectivity index (χ1) is 17.4. The number of anilines is 2. The van der Waals surface area contributed by atoms with Crippen molar-refractivity contribution in [2.75, 3.05) is 23.8 Å². The maximum absolute atomic E-state index is 12.8. The minimum atomic E-state index is -0.643. The van der Waals surface area contributed by atoms with E-state index in [-0.39, 0.29) is 18.4 Å². The molecule has 36 heavy (non-hydrogen) atoms. The SMILES string of the molecule is C=CCOC(=O)Nc1cc(C(=O)Nc2cc(C(=O)NCCc3c[nH]c4ccccc34)n(C)c2)n(C)c1. The van der Waals surface area contributed by atoms with Crippen LogP contribution in [0, 0.1) is 0 Å². The Morgan fingerprint density at radius 3 is 2.39 bits per heavy atom. The molecule has 0 aliphatic rings. The highest BCUT2D eigenvalue weighted by Gasteiger charge is 2.17. The summed E-state index contributed by atoms with van der Waals surface area (Å²) in [6.07, 6.45) is 6.73. The van der Waals surface area contributed by atoms with Crippen molar-refractivity contribution in [3.05, 3.63) is 84.6 Å². The molecule has 4 rings (SSSR count). The number of carbonyl (C=O) groups excluding carboxylic acids is 3. The lowest BCUT2D eigenvalue weighted by atomic mass is 10.1. The third kappa shape index (κ3) is 5.49. The van der Waals surface area contributed by atoms with E-state index in [4.69, 9.17) is 4.74 Å². The summed E-state index contributed by atoms with van der Waals surface area (Å²) in [4.78, 5) is 40.5. The first kappa shape index (κ1) is 24.4. The van der Waals surface area contributed by atoms with E-state index in [0.29, 0.717) is 35.7 Å². The van der Waals surface area contributed by atoms with Gasteiger partial charge in [-0.05, 0) is 30.2 Å². The van der Waals surface area contributed by atoms with Gasteiger partial charge in [-0.3, -0.25) is 14.9 Å². The molecule has 3 amide bonds. The molecule has 0 saturated heterocycles. The summed E-state index contributed by atoms with van der Waals surface area (Å²) in [5.41, 5.74) is 3.84. The third-order valence-electron chi connectivity index (χ3n) is 5.67. The number of rotatable bonds is 9. The van der Waals surface area contributed by atoms with Crippen LogP contribution in [0.5, 0.6) is 0 Å². The van der Waals surface area contributed by atoms with Crippen molar-refractivity contribution < 1.29 is 19.1 Å². The molecule has 3 heterocycles. The maximum atomic E-state index is 12.8. The van der Waals surface area contributed by atoms with Gasteiger partial charge in [0, 0.05) is 50.1 Å². The van der Waals surface area contributed by atoms with Crippen molar-refractivity contribution in [1.29, 1.82) is 0 Å². The number of aromatic amines is 1. The van der Waals surface area contributed by atoms with E-state index in [9.17, 15) is 14.4 Å². The van der Waals surface area contributed by atoms with Crippen LogP contribution in [0.1, 0.15) is 26.5 Å². The van der Waals surface area contributed by atoms with E-state index >= 15 is 0 Å². The Hall–Kier alpha value is -4.73. The topological polar surface area (TPSA) is 122 Å². The van der Waals surface area contributed by atoms with Gasteiger partial charge in [0.25, 0.3) is 11.8 Å². The highest BCUT2D eigenvalue weighted by Crippen LogP contribution is 2.19. The van der Waals surface area contributed by atoms with Gasteiger partial charge < -0.3 is 29.5 Å². The predicted octanol–water partition coefficient (Wildman–Crippen LogP) is 3.80. The molecule has 0 unspecified atom stereocenters. The minimum absolute atomic E-state index is 0.0823. The lowest BCUT2D eigenvalue weighted by Crippen LogP contribution is -2.27. The molecule has 0 radical (unpaired) electrons. The van der Waals surface area contributed by atoms with Crippen LogP contribution >= 0.6 is 0 Å². The molecule has 4 aromatic rings. The number of amides is 3. The Morgan fingerprint density at radius 1 is 1.00 bits per heavy atom. The Labute approximate surface area is 207 Å². The Kier molecular flexibility index (Phi) is 7.24. The van der Waals surface area contributed by atoms with Gasteiger partial charge in [-0.1, -0.05) is 30.9 Å². The third-order valence-corrected chi connectivity index (χ3v) is 5.67. The first-order valence-electron chi connectivity index (χ1n) is 11.4. The van der Waals surface area contributed by atoms with Crippen LogP contribution < -0.4 is 16.0 Å². The highest BCUT2D eigenvalue weighted by molar-refractivity contribution is 6.05. The number of benzene rings is 1. The van der Waals surface area contributed by atoms with Crippen LogP contribution in [-0.4, -0.2) is 45.2 Å². The Bertz CT molecular complexity index is 1430. The molecule has 0 saturated carbocycles. The molecule has 4 N–H and O–H groups in total. The average Bonchev–Trinajstić information content (AvgIpc) is 3.54. The largest absolute Gasteiger partial charge is 0.445 e. The first-order valence-corrected chi connectivity index (χ1v) is 11.4. The molecule has 3 aromatic heterocycles. The molecule has 10 heteroatoms. The van der Waals surface area contributed by atoms with E-state index in [1.54, 1.807) is 41.7 Å². The number of H-pyrrole nitrogens is 1. The van der Waals surface area contributed by atoms with Crippen LogP contribution in [0.15, 0.2) is 67.6 Å². The maximum Gasteiger partial charge on any atom is 0.411 e. The monoisotopic (exact) mass is 488 g/mol. The van der Waals surface area contributed by atoms with E-state index < -0.39 is 6.09 Å². The second-order valence-electron chi connectivity index (χ2n) is 8.28. The lowest BCUT2D eigenvalue weighted by molar-refractivity contribution is 0.0945. The lowest BCUT2D eigenvalue weighted by Gasteiger charge is -2.05. The molecule has 186 valence electrons. The smallest absolute Gasteiger partial charge is 0.411 e. The molecule has 0 spiro atoms. The van der Waals surface area contributed by atoms with Crippen LogP contribution in [-0.2, 0) is 25.3 Å². The van der Waals surface area contributed by atoms with E-state index in [1.807, 2.05) is 24.4 Å². The van der Waals surface area contributed by atoms with Crippen LogP contribution in [0.3, 0.4) is 0 Å². The van der Waals surface area contributed by atoms with Gasteiger partial charge in [0.2, 0.25) is 0 Å². The Balaban J connectivity index is 1.34. The molecule has 0 fully saturated rings. The van der Waals surface area contributed by atoms with Gasteiger partial charge in [0.15, 0.2) is 0 Å². The summed E-state index contributed by atoms with van der Waals surface area (Å²) in [5, 5.41) is 9.43. The summed E-state index contributed by atoms with van der Waals surface area (Å²) in [5.74, 6) is -0.622. The average molecular weight is 489 g/mol. The quantitative estimate of drug-likeness (QED) is 0.268. The second kappa shape index (κ2) is 10.7. The zero-order valence-electron chi connectivity index (χ0n) is 20.1. The zero-order chi connectivity index (χ0) is 25.7. The number of para-hydroxylation sites is 1. The molecule has 0 aliphatic heterocycles. The van der Waals surface area contributed by atoms with Crippen molar-refractivity contribution in [2.45, 2.75) is 6.42 Å². The molecule has 0 atom stereocenters. The number of ether oxygens (including phenoxy) is 1. The van der Waals surface area contributed by atoms with Gasteiger partial charge in [0.05, 0.1) is 11.4 Å². The number of aromatic nitrogens is 3. The standard InChI is InChI=1S/C26H28N6O4/c1-4-11-36-26(35)30-19-13-23(32(3)16-19)25(34)29-18-12-22(31(2)15-18)24(33)27-10-9-17-14-28-21-8-6-5-7-20(17)21/h4-8,12-16,28H,1,9-11H2,2-3H3,(H,27,33)(H,29,34)(H,30,35). The van der Waals surface area contributed by atoms with Crippen LogP contribution in [0.25, 0.3) is 10.9 Å². The van der Waals surface area contributed by atoms with Crippen molar-refractivity contribution in [3.63, 3.8) is 0 Å². The number of fused-ring (bicyclic) bond motifs is 1. The van der Waals surface area contributed by atoms with Crippen molar-refractivity contribution in [3.8, 4) is 0 Å².